The number of quaternary nitrogens is 1. The first-order chi connectivity index (χ1) is 4.88. The molecule has 0 aliphatic carbocycles. The number of rotatable bonds is 0. The molecule has 1 N–H and O–H groups in total. The van der Waals surface area contributed by atoms with Gasteiger partial charge in [0.2, 0.25) is 0 Å². The van der Waals surface area contributed by atoms with Crippen LogP contribution in [0.3, 0.4) is 0 Å². The van der Waals surface area contributed by atoms with Crippen LogP contribution in [-0.4, -0.2) is 12.0 Å². The lowest BCUT2D eigenvalue weighted by Gasteiger charge is -2.13. The third-order valence-corrected chi connectivity index (χ3v) is 1.45. The largest absolute Gasteiger partial charge is 0.534 e. The van der Waals surface area contributed by atoms with E-state index in [0.29, 0.717) is 0 Å². The van der Waals surface area contributed by atoms with Crippen molar-refractivity contribution in [3.8, 4) is 5.75 Å². The molecule has 2 rings (SSSR count). The van der Waals surface area contributed by atoms with Gasteiger partial charge in [0, 0.05) is 12.3 Å². The van der Waals surface area contributed by atoms with Crippen molar-refractivity contribution in [3.05, 3.63) is 24.0 Å². The molecule has 0 spiro atoms. The first-order valence-electron chi connectivity index (χ1n) is 3.04. The lowest BCUT2D eigenvalue weighted by Crippen LogP contribution is -2.98. The van der Waals surface area contributed by atoms with Crippen LogP contribution < -0.4 is 9.85 Å². The number of hydrogen-bond acceptors (Lipinski definition) is 2. The molecule has 0 fully saturated rings. The number of pyridine rings is 1. The van der Waals surface area contributed by atoms with E-state index in [0.717, 1.165) is 16.4 Å². The van der Waals surface area contributed by atoms with Gasteiger partial charge in [0.1, 0.15) is 0 Å². The maximum atomic E-state index is 4.96. The van der Waals surface area contributed by atoms with Crippen molar-refractivity contribution in [2.45, 2.75) is 0 Å². The first kappa shape index (κ1) is 5.64. The fourth-order valence-electron chi connectivity index (χ4n) is 0.900. The van der Waals surface area contributed by atoms with Crippen LogP contribution in [0.5, 0.6) is 5.75 Å². The molecule has 1 atom stereocenters. The van der Waals surface area contributed by atoms with Gasteiger partial charge in [-0.15, -0.1) is 0 Å². The quantitative estimate of drug-likeness (QED) is 0.539. The Morgan fingerprint density at radius 1 is 1.70 bits per heavy atom. The van der Waals surface area contributed by atoms with E-state index in [1.54, 1.807) is 18.5 Å². The molecule has 2 heterocycles. The second-order valence-corrected chi connectivity index (χ2v) is 2.14. The van der Waals surface area contributed by atoms with Crippen molar-refractivity contribution < 1.29 is 9.85 Å². The van der Waals surface area contributed by atoms with Gasteiger partial charge < -0.3 is 9.85 Å². The Morgan fingerprint density at radius 3 is 3.40 bits per heavy atom. The van der Waals surface area contributed by atoms with Crippen molar-refractivity contribution in [2.75, 3.05) is 7.05 Å². The van der Waals surface area contributed by atoms with E-state index in [1.165, 1.54) is 0 Å². The normalized spacial score (nSPS) is 21.9. The zero-order valence-electron chi connectivity index (χ0n) is 5.53. The lowest BCUT2D eigenvalue weighted by atomic mass is 10.4. The standard InChI is InChI=1S/C6H7N3O/c1-9-5-4-7-3-2-6(5)10-8-9/h2-4,9H,1H3. The zero-order valence-corrected chi connectivity index (χ0v) is 5.53. The van der Waals surface area contributed by atoms with Crippen molar-refractivity contribution in [2.24, 2.45) is 0 Å². The van der Waals surface area contributed by atoms with Crippen LogP contribution in [-0.2, 0) is 0 Å². The number of aromatic nitrogens is 1. The summed E-state index contributed by atoms with van der Waals surface area (Å²) in [7, 11) is 1.90. The van der Waals surface area contributed by atoms with Gasteiger partial charge in [-0.1, -0.05) is 0 Å². The second kappa shape index (κ2) is 1.93. The summed E-state index contributed by atoms with van der Waals surface area (Å²) in [6.07, 6.45) is 3.44. The molecule has 0 saturated heterocycles. The van der Waals surface area contributed by atoms with E-state index in [9.17, 15) is 0 Å². The molecule has 0 bridgehead atoms. The average molecular weight is 137 g/mol. The number of nitrogens with zero attached hydrogens (tertiary/aromatic N) is 2. The van der Waals surface area contributed by atoms with Crippen molar-refractivity contribution >= 4 is 5.69 Å². The minimum Gasteiger partial charge on any atom is -0.534 e. The SMILES string of the molecule is C[NH+]1[N-]Oc2ccncc21. The number of fused-ring (bicyclic) bond motifs is 1. The van der Waals surface area contributed by atoms with E-state index < -0.39 is 0 Å². The Labute approximate surface area is 58.4 Å². The minimum atomic E-state index is 0.799. The van der Waals surface area contributed by atoms with Crippen molar-refractivity contribution in [1.82, 2.24) is 4.98 Å². The van der Waals surface area contributed by atoms with Gasteiger partial charge in [-0.3, -0.25) is 10.6 Å². The monoisotopic (exact) mass is 137 g/mol. The van der Waals surface area contributed by atoms with E-state index in [-0.39, 0.29) is 0 Å². The van der Waals surface area contributed by atoms with Crippen LogP contribution in [0, 0.1) is 0 Å². The molecule has 0 aromatic carbocycles. The first-order valence-corrected chi connectivity index (χ1v) is 3.04. The van der Waals surface area contributed by atoms with Gasteiger partial charge in [-0.25, -0.2) is 0 Å². The fourth-order valence-corrected chi connectivity index (χ4v) is 0.900. The lowest BCUT2D eigenvalue weighted by molar-refractivity contribution is -0.774. The molecular formula is C6H7N3O. The van der Waals surface area contributed by atoms with E-state index in [1.807, 2.05) is 7.05 Å². The van der Waals surface area contributed by atoms with Crippen LogP contribution in [0.1, 0.15) is 0 Å². The Balaban J connectivity index is 2.51. The van der Waals surface area contributed by atoms with Crippen LogP contribution in [0.25, 0.3) is 5.59 Å². The van der Waals surface area contributed by atoms with Crippen molar-refractivity contribution in [1.29, 1.82) is 0 Å². The predicted octanol–water partition coefficient (Wildman–Crippen LogP) is -0.176. The summed E-state index contributed by atoms with van der Waals surface area (Å²) >= 11 is 0. The van der Waals surface area contributed by atoms with E-state index in [2.05, 4.69) is 10.6 Å². The molecule has 1 unspecified atom stereocenters. The minimum absolute atomic E-state index is 0.799. The second-order valence-electron chi connectivity index (χ2n) is 2.14. The molecule has 52 valence electrons. The highest BCUT2D eigenvalue weighted by atomic mass is 16.7. The third-order valence-electron chi connectivity index (χ3n) is 1.45. The van der Waals surface area contributed by atoms with Crippen LogP contribution >= 0.6 is 0 Å². The molecule has 4 heteroatoms. The topological polar surface area (TPSA) is 40.7 Å². The summed E-state index contributed by atoms with van der Waals surface area (Å²) in [5, 5.41) is 0.892. The molecule has 4 nitrogen and oxygen atoms in total. The van der Waals surface area contributed by atoms with Crippen LogP contribution in [0.4, 0.5) is 5.69 Å². The highest BCUT2D eigenvalue weighted by Gasteiger charge is 2.12. The maximum absolute atomic E-state index is 4.96. The van der Waals surface area contributed by atoms with Crippen LogP contribution in [0.15, 0.2) is 18.5 Å². The molecule has 1 aliphatic heterocycles. The average Bonchev–Trinajstić information content (AvgIpc) is 2.34. The Hall–Kier alpha value is -1.13. The van der Waals surface area contributed by atoms with Gasteiger partial charge >= 0.3 is 0 Å². The summed E-state index contributed by atoms with van der Waals surface area (Å²) in [4.78, 5) is 8.90. The third kappa shape index (κ3) is 0.665. The summed E-state index contributed by atoms with van der Waals surface area (Å²) < 4.78 is 0. The van der Waals surface area contributed by atoms with Gasteiger partial charge in [-0.05, 0) is 0 Å². The smallest absolute Gasteiger partial charge is 0.183 e. The molecular weight excluding hydrogens is 130 g/mol. The Kier molecular flexibility index (Phi) is 1.09. The molecule has 1 aromatic rings. The molecule has 0 radical (unpaired) electrons. The highest BCUT2D eigenvalue weighted by Crippen LogP contribution is 2.23. The van der Waals surface area contributed by atoms with Gasteiger partial charge in [-0.2, -0.15) is 0 Å². The summed E-state index contributed by atoms with van der Waals surface area (Å²) in [6, 6.07) is 1.80. The van der Waals surface area contributed by atoms with E-state index >= 15 is 0 Å². The Morgan fingerprint density at radius 2 is 2.60 bits per heavy atom. The molecule has 10 heavy (non-hydrogen) atoms. The number of hydrogen-bond donors (Lipinski definition) is 1. The molecule has 1 aromatic heterocycles. The summed E-state index contributed by atoms with van der Waals surface area (Å²) in [6.45, 7) is 0. The van der Waals surface area contributed by atoms with Gasteiger partial charge in [0.05, 0.1) is 13.2 Å². The number of nitrogens with one attached hydrogen (secondary N) is 1. The zero-order chi connectivity index (χ0) is 6.97. The Bertz CT molecular complexity index is 251. The maximum Gasteiger partial charge on any atom is 0.183 e. The summed E-state index contributed by atoms with van der Waals surface area (Å²) in [5.74, 6) is 0.799. The summed E-state index contributed by atoms with van der Waals surface area (Å²) in [5.41, 5.74) is 4.77. The van der Waals surface area contributed by atoms with E-state index in [4.69, 9.17) is 4.84 Å². The van der Waals surface area contributed by atoms with Gasteiger partial charge in [0.25, 0.3) is 0 Å². The molecule has 0 amide bonds. The molecule has 1 aliphatic rings. The van der Waals surface area contributed by atoms with Crippen molar-refractivity contribution in [3.63, 3.8) is 0 Å². The fraction of sp³-hybridized carbons (Fsp3) is 0.167. The molecule has 0 saturated carbocycles. The van der Waals surface area contributed by atoms with Crippen LogP contribution in [0.2, 0.25) is 0 Å². The van der Waals surface area contributed by atoms with Gasteiger partial charge in [0.15, 0.2) is 11.4 Å². The highest BCUT2D eigenvalue weighted by molar-refractivity contribution is 5.45. The predicted molar refractivity (Wildman–Crippen MR) is 34.8 cm³/mol.